The van der Waals surface area contributed by atoms with Crippen molar-refractivity contribution in [1.29, 1.82) is 0 Å². The van der Waals surface area contributed by atoms with Gasteiger partial charge in [0.15, 0.2) is 5.78 Å². The summed E-state index contributed by atoms with van der Waals surface area (Å²) in [6.45, 7) is 0. The summed E-state index contributed by atoms with van der Waals surface area (Å²) in [5.74, 6) is 0.258. The number of hydrogen-bond donors (Lipinski definition) is 2. The van der Waals surface area contributed by atoms with Crippen LogP contribution in [0.15, 0.2) is 58.3 Å². The molecule has 2 heterocycles. The Morgan fingerprint density at radius 1 is 1.03 bits per heavy atom. The third-order valence-corrected chi connectivity index (χ3v) is 6.80. The van der Waals surface area contributed by atoms with Crippen LogP contribution in [0.5, 0.6) is 0 Å². The predicted molar refractivity (Wildman–Crippen MR) is 125 cm³/mol. The molecule has 1 aliphatic heterocycles. The van der Waals surface area contributed by atoms with Gasteiger partial charge in [-0.15, -0.1) is 0 Å². The summed E-state index contributed by atoms with van der Waals surface area (Å²) in [5, 5.41) is 6.48. The van der Waals surface area contributed by atoms with E-state index in [0.717, 1.165) is 49.9 Å². The van der Waals surface area contributed by atoms with Gasteiger partial charge in [0.2, 0.25) is 11.8 Å². The normalized spacial score (nSPS) is 20.7. The predicted octanol–water partition coefficient (Wildman–Crippen LogP) is 4.63. The van der Waals surface area contributed by atoms with Crippen molar-refractivity contribution in [1.82, 2.24) is 5.32 Å². The van der Waals surface area contributed by atoms with E-state index in [1.54, 1.807) is 23.3 Å². The van der Waals surface area contributed by atoms with Gasteiger partial charge in [-0.1, -0.05) is 25.0 Å². The first kappa shape index (κ1) is 21.5. The lowest BCUT2D eigenvalue weighted by atomic mass is 9.88. The number of fused-ring (bicyclic) bond motifs is 1. The van der Waals surface area contributed by atoms with Gasteiger partial charge in [0.05, 0.1) is 17.6 Å². The molecule has 0 saturated heterocycles. The molecule has 2 amide bonds. The second kappa shape index (κ2) is 9.25. The average molecular weight is 448 g/mol. The number of nitrogens with zero attached hydrogens (tertiary/aromatic N) is 1. The van der Waals surface area contributed by atoms with Crippen LogP contribution >= 0.6 is 0 Å². The molecule has 0 bridgehead atoms. The van der Waals surface area contributed by atoms with Gasteiger partial charge >= 0.3 is 0 Å². The number of nitrogens with one attached hydrogen (secondary N) is 2. The molecule has 1 aromatic carbocycles. The smallest absolute Gasteiger partial charge is 0.228 e. The highest BCUT2D eigenvalue weighted by atomic mass is 16.3. The largest absolute Gasteiger partial charge is 0.467 e. The van der Waals surface area contributed by atoms with Crippen molar-refractivity contribution in [3.8, 4) is 0 Å². The molecular formula is C26H29N3O4. The van der Waals surface area contributed by atoms with Crippen LogP contribution in [-0.4, -0.2) is 23.6 Å². The van der Waals surface area contributed by atoms with Gasteiger partial charge < -0.3 is 15.1 Å². The van der Waals surface area contributed by atoms with E-state index in [4.69, 9.17) is 4.42 Å². The fraction of sp³-hybridized carbons (Fsp3) is 0.423. The Morgan fingerprint density at radius 3 is 2.64 bits per heavy atom. The molecule has 3 aliphatic rings. The van der Waals surface area contributed by atoms with Crippen LogP contribution in [0.3, 0.4) is 0 Å². The maximum absolute atomic E-state index is 13.7. The molecule has 1 fully saturated rings. The monoisotopic (exact) mass is 447 g/mol. The van der Waals surface area contributed by atoms with Crippen molar-refractivity contribution in [3.63, 3.8) is 0 Å². The van der Waals surface area contributed by atoms with E-state index in [0.29, 0.717) is 23.4 Å². The number of amides is 2. The van der Waals surface area contributed by atoms with Gasteiger partial charge in [-0.3, -0.25) is 19.3 Å². The van der Waals surface area contributed by atoms with Crippen LogP contribution in [0, 0.1) is 0 Å². The Morgan fingerprint density at radius 2 is 1.85 bits per heavy atom. The Bertz CT molecular complexity index is 1080. The first-order valence-electron chi connectivity index (χ1n) is 11.9. The molecule has 5 rings (SSSR count). The van der Waals surface area contributed by atoms with E-state index in [9.17, 15) is 14.4 Å². The molecule has 2 aliphatic carbocycles. The van der Waals surface area contributed by atoms with Crippen molar-refractivity contribution in [3.05, 3.63) is 59.7 Å². The zero-order valence-electron chi connectivity index (χ0n) is 18.6. The zero-order chi connectivity index (χ0) is 22.8. The van der Waals surface area contributed by atoms with Crippen LogP contribution < -0.4 is 15.5 Å². The molecule has 1 saturated carbocycles. The van der Waals surface area contributed by atoms with E-state index >= 15 is 0 Å². The number of para-hydroxylation sites is 2. The molecule has 7 nitrogen and oxygen atoms in total. The molecule has 0 radical (unpaired) electrons. The quantitative estimate of drug-likeness (QED) is 0.698. The number of carbonyl (C=O) groups is 3. The summed E-state index contributed by atoms with van der Waals surface area (Å²) in [4.78, 5) is 41.0. The third-order valence-electron chi connectivity index (χ3n) is 6.80. The Labute approximate surface area is 193 Å². The Hall–Kier alpha value is -3.35. The van der Waals surface area contributed by atoms with Crippen molar-refractivity contribution in [2.75, 3.05) is 10.2 Å². The third kappa shape index (κ3) is 4.32. The first-order valence-corrected chi connectivity index (χ1v) is 11.9. The molecule has 0 spiro atoms. The van der Waals surface area contributed by atoms with Crippen LogP contribution in [-0.2, 0) is 14.4 Å². The highest BCUT2D eigenvalue weighted by Crippen LogP contribution is 2.45. The molecule has 1 unspecified atom stereocenters. The minimum atomic E-state index is -0.663. The van der Waals surface area contributed by atoms with Crippen LogP contribution in [0.4, 0.5) is 11.4 Å². The van der Waals surface area contributed by atoms with Crippen LogP contribution in [0.2, 0.25) is 0 Å². The number of ketones is 1. The van der Waals surface area contributed by atoms with Crippen LogP contribution in [0.1, 0.15) is 69.6 Å². The second-order valence-electron chi connectivity index (χ2n) is 9.04. The minimum Gasteiger partial charge on any atom is -0.467 e. The number of furan rings is 1. The van der Waals surface area contributed by atoms with E-state index in [1.807, 2.05) is 24.3 Å². The standard InChI is InChI=1S/C26H29N3O4/c30-21-12-5-10-19-25(21)26(22-13-6-16-33-22)29(20-11-4-3-9-18(20)28-19)24(32)15-14-23(31)27-17-7-1-2-8-17/h3-4,6,9,11,13,16-17,26,28H,1-2,5,7-8,10,12,14-15H2,(H,27,31). The SMILES string of the molecule is O=C(CCC(=O)N1c2ccccc2NC2=C(C(=O)CCC2)C1c1ccco1)NC1CCCC1. The van der Waals surface area contributed by atoms with Gasteiger partial charge in [-0.05, 0) is 49.9 Å². The Balaban J connectivity index is 1.48. The lowest BCUT2D eigenvalue weighted by molar-refractivity contribution is -0.126. The highest BCUT2D eigenvalue weighted by molar-refractivity contribution is 6.06. The number of rotatable bonds is 5. The van der Waals surface area contributed by atoms with Crippen molar-refractivity contribution in [2.45, 2.75) is 69.9 Å². The van der Waals surface area contributed by atoms with Gasteiger partial charge in [0.25, 0.3) is 0 Å². The molecule has 1 aromatic heterocycles. The summed E-state index contributed by atoms with van der Waals surface area (Å²) < 4.78 is 5.75. The summed E-state index contributed by atoms with van der Waals surface area (Å²) in [7, 11) is 0. The average Bonchev–Trinajstić information content (AvgIpc) is 3.50. The van der Waals surface area contributed by atoms with E-state index in [1.165, 1.54) is 0 Å². The van der Waals surface area contributed by atoms with E-state index < -0.39 is 6.04 Å². The molecular weight excluding hydrogens is 418 g/mol. The molecule has 7 heteroatoms. The molecule has 1 atom stereocenters. The second-order valence-corrected chi connectivity index (χ2v) is 9.04. The summed E-state index contributed by atoms with van der Waals surface area (Å²) in [6, 6.07) is 10.7. The fourth-order valence-electron chi connectivity index (χ4n) is 5.24. The summed E-state index contributed by atoms with van der Waals surface area (Å²) in [5.41, 5.74) is 2.88. The number of allylic oxidation sites excluding steroid dienone is 1. The molecule has 2 N–H and O–H groups in total. The van der Waals surface area contributed by atoms with E-state index in [2.05, 4.69) is 10.6 Å². The number of Topliss-reactive ketones (excluding diaryl/α,β-unsaturated/α-hetero) is 1. The molecule has 172 valence electrons. The topological polar surface area (TPSA) is 91.7 Å². The number of anilines is 2. The van der Waals surface area contributed by atoms with Gasteiger partial charge in [0, 0.05) is 36.6 Å². The van der Waals surface area contributed by atoms with Crippen LogP contribution in [0.25, 0.3) is 0 Å². The van der Waals surface area contributed by atoms with E-state index in [-0.39, 0.29) is 36.5 Å². The molecule has 33 heavy (non-hydrogen) atoms. The fourth-order valence-corrected chi connectivity index (χ4v) is 5.24. The number of carbonyl (C=O) groups excluding carboxylic acids is 3. The zero-order valence-corrected chi connectivity index (χ0v) is 18.6. The lowest BCUT2D eigenvalue weighted by Gasteiger charge is -2.32. The van der Waals surface area contributed by atoms with Gasteiger partial charge in [-0.2, -0.15) is 0 Å². The van der Waals surface area contributed by atoms with Gasteiger partial charge in [0.1, 0.15) is 11.8 Å². The van der Waals surface area contributed by atoms with Crippen molar-refractivity contribution < 1.29 is 18.8 Å². The summed E-state index contributed by atoms with van der Waals surface area (Å²) in [6.07, 6.45) is 7.97. The lowest BCUT2D eigenvalue weighted by Crippen LogP contribution is -2.39. The maximum Gasteiger partial charge on any atom is 0.228 e. The summed E-state index contributed by atoms with van der Waals surface area (Å²) >= 11 is 0. The van der Waals surface area contributed by atoms with Crippen molar-refractivity contribution in [2.24, 2.45) is 0 Å². The molecule has 2 aromatic rings. The van der Waals surface area contributed by atoms with Gasteiger partial charge in [-0.25, -0.2) is 0 Å². The first-order chi connectivity index (χ1) is 16.1. The number of benzene rings is 1. The Kier molecular flexibility index (Phi) is 6.03. The maximum atomic E-state index is 13.7. The highest BCUT2D eigenvalue weighted by Gasteiger charge is 2.40. The number of hydrogen-bond acceptors (Lipinski definition) is 5. The van der Waals surface area contributed by atoms with Crippen molar-refractivity contribution >= 4 is 29.0 Å². The minimum absolute atomic E-state index is 0.0229.